The number of methoxy groups -OCH3 is 1. The van der Waals surface area contributed by atoms with Crippen LogP contribution in [-0.2, 0) is 9.47 Å². The number of thiocarbonyl (C=S) groups is 1. The van der Waals surface area contributed by atoms with Crippen LogP contribution in [0.3, 0.4) is 0 Å². The number of rotatable bonds is 14. The number of aliphatic hydroxyl groups is 1. The fraction of sp³-hybridized carbons (Fsp3) is 0.435. The van der Waals surface area contributed by atoms with E-state index in [-0.39, 0.29) is 18.8 Å². The molecule has 3 atom stereocenters. The number of hydrogen-bond acceptors (Lipinski definition) is 7. The molecule has 2 aromatic carbocycles. The van der Waals surface area contributed by atoms with E-state index in [2.05, 4.69) is 5.32 Å². The summed E-state index contributed by atoms with van der Waals surface area (Å²) in [5, 5.41) is 13.6. The van der Waals surface area contributed by atoms with Crippen LogP contribution >= 0.6 is 24.0 Å². The van der Waals surface area contributed by atoms with Crippen molar-refractivity contribution in [3.05, 3.63) is 60.7 Å². The average molecular weight is 466 g/mol. The van der Waals surface area contributed by atoms with Crippen molar-refractivity contribution in [1.29, 1.82) is 0 Å². The minimum atomic E-state index is -0.590. The first-order chi connectivity index (χ1) is 15.1. The first kappa shape index (κ1) is 25.3. The van der Waals surface area contributed by atoms with Gasteiger partial charge in [-0.1, -0.05) is 36.4 Å². The zero-order valence-electron chi connectivity index (χ0n) is 17.9. The Morgan fingerprint density at radius 2 is 1.52 bits per heavy atom. The molecule has 0 saturated heterocycles. The van der Waals surface area contributed by atoms with E-state index in [1.807, 2.05) is 67.6 Å². The van der Waals surface area contributed by atoms with E-state index in [1.165, 1.54) is 0 Å². The number of ether oxygens (including phenoxy) is 4. The molecule has 0 aromatic heterocycles. The number of nitrogens with one attached hydrogen (secondary N) is 1. The highest BCUT2D eigenvalue weighted by Gasteiger charge is 2.16. The highest BCUT2D eigenvalue weighted by atomic mass is 32.2. The predicted octanol–water partition coefficient (Wildman–Crippen LogP) is 3.53. The Bertz CT molecular complexity index is 735. The summed E-state index contributed by atoms with van der Waals surface area (Å²) in [6.07, 6.45) is -0.866. The smallest absolute Gasteiger partial charge is 0.257 e. The van der Waals surface area contributed by atoms with Gasteiger partial charge >= 0.3 is 0 Å². The molecule has 8 heteroatoms. The van der Waals surface area contributed by atoms with E-state index < -0.39 is 6.10 Å². The standard InChI is InChI=1S/C23H31NO5S2/c1-18(13-26-2)24-23(30)29-22(15-28-21-11-7-4-8-12-21)17-31-16-19(25)14-27-20-9-5-3-6-10-20/h3-12,18-19,22,25H,13-17H2,1-2H3,(H,24,30). The first-order valence-corrected chi connectivity index (χ1v) is 11.7. The van der Waals surface area contributed by atoms with Gasteiger partial charge in [-0.05, 0) is 43.4 Å². The number of hydrogen-bond donors (Lipinski definition) is 2. The number of thioether (sulfide) groups is 1. The van der Waals surface area contributed by atoms with Crippen molar-refractivity contribution in [2.24, 2.45) is 0 Å². The van der Waals surface area contributed by atoms with Crippen molar-refractivity contribution in [3.8, 4) is 11.5 Å². The first-order valence-electron chi connectivity index (χ1n) is 10.1. The Balaban J connectivity index is 1.78. The highest BCUT2D eigenvalue weighted by Crippen LogP contribution is 2.14. The van der Waals surface area contributed by atoms with Gasteiger partial charge in [0.25, 0.3) is 5.17 Å². The summed E-state index contributed by atoms with van der Waals surface area (Å²) in [4.78, 5) is 0. The molecule has 6 nitrogen and oxygen atoms in total. The van der Waals surface area contributed by atoms with Gasteiger partial charge < -0.3 is 29.4 Å². The van der Waals surface area contributed by atoms with Crippen molar-refractivity contribution < 1.29 is 24.1 Å². The SMILES string of the molecule is COCC(C)NC(=S)OC(COc1ccccc1)CSCC(O)COc1ccccc1. The summed E-state index contributed by atoms with van der Waals surface area (Å²) in [5.41, 5.74) is 0. The Morgan fingerprint density at radius 1 is 0.935 bits per heavy atom. The Hall–Kier alpha value is -2.00. The van der Waals surface area contributed by atoms with E-state index >= 15 is 0 Å². The van der Waals surface area contributed by atoms with Crippen LogP contribution in [-0.4, -0.2) is 67.0 Å². The van der Waals surface area contributed by atoms with Gasteiger partial charge in [0.05, 0.1) is 18.8 Å². The van der Waals surface area contributed by atoms with Gasteiger partial charge in [-0.3, -0.25) is 0 Å². The molecule has 0 saturated carbocycles. The molecular formula is C23H31NO5S2. The van der Waals surface area contributed by atoms with Gasteiger partial charge in [0, 0.05) is 18.6 Å². The molecule has 0 aliphatic carbocycles. The predicted molar refractivity (Wildman–Crippen MR) is 129 cm³/mol. The molecule has 0 amide bonds. The summed E-state index contributed by atoms with van der Waals surface area (Å²) < 4.78 is 22.5. The molecule has 0 bridgehead atoms. The normalized spacial score (nSPS) is 13.6. The fourth-order valence-electron chi connectivity index (χ4n) is 2.59. The van der Waals surface area contributed by atoms with Crippen LogP contribution in [0, 0.1) is 0 Å². The molecule has 2 aromatic rings. The lowest BCUT2D eigenvalue weighted by Gasteiger charge is -2.22. The third kappa shape index (κ3) is 11.3. The van der Waals surface area contributed by atoms with E-state index in [9.17, 15) is 5.11 Å². The maximum Gasteiger partial charge on any atom is 0.257 e. The molecule has 170 valence electrons. The lowest BCUT2D eigenvalue weighted by molar-refractivity contribution is 0.123. The number of benzene rings is 2. The Morgan fingerprint density at radius 3 is 2.10 bits per heavy atom. The summed E-state index contributed by atoms with van der Waals surface area (Å²) >= 11 is 6.89. The molecule has 3 unspecified atom stereocenters. The van der Waals surface area contributed by atoms with Crippen molar-refractivity contribution in [3.63, 3.8) is 0 Å². The third-order valence-corrected chi connectivity index (χ3v) is 5.48. The molecule has 31 heavy (non-hydrogen) atoms. The van der Waals surface area contributed by atoms with Gasteiger partial charge in [0.15, 0.2) is 0 Å². The van der Waals surface area contributed by atoms with Gasteiger partial charge in [-0.25, -0.2) is 0 Å². The lowest BCUT2D eigenvalue weighted by Crippen LogP contribution is -2.39. The molecule has 0 aliphatic heterocycles. The number of para-hydroxylation sites is 2. The van der Waals surface area contributed by atoms with Crippen LogP contribution in [0.2, 0.25) is 0 Å². The van der Waals surface area contributed by atoms with Crippen LogP contribution in [0.15, 0.2) is 60.7 Å². The van der Waals surface area contributed by atoms with Crippen molar-refractivity contribution in [2.45, 2.75) is 25.2 Å². The fourth-order valence-corrected chi connectivity index (χ4v) is 3.86. The summed E-state index contributed by atoms with van der Waals surface area (Å²) in [6.45, 7) is 3.06. The zero-order valence-corrected chi connectivity index (χ0v) is 19.6. The van der Waals surface area contributed by atoms with Gasteiger partial charge in [-0.15, -0.1) is 0 Å². The average Bonchev–Trinajstić information content (AvgIpc) is 2.77. The van der Waals surface area contributed by atoms with E-state index in [4.69, 9.17) is 31.2 Å². The lowest BCUT2D eigenvalue weighted by atomic mass is 10.3. The Labute approximate surface area is 194 Å². The quantitative estimate of drug-likeness (QED) is 0.411. The molecule has 0 radical (unpaired) electrons. The molecule has 2 rings (SSSR count). The minimum Gasteiger partial charge on any atom is -0.491 e. The highest BCUT2D eigenvalue weighted by molar-refractivity contribution is 7.99. The van der Waals surface area contributed by atoms with Gasteiger partial charge in [-0.2, -0.15) is 11.8 Å². The van der Waals surface area contributed by atoms with Crippen LogP contribution < -0.4 is 14.8 Å². The Kier molecular flexibility index (Phi) is 12.2. The molecular weight excluding hydrogens is 434 g/mol. The summed E-state index contributed by atoms with van der Waals surface area (Å²) in [5.74, 6) is 2.63. The molecule has 0 heterocycles. The number of aliphatic hydroxyl groups excluding tert-OH is 1. The second-order valence-electron chi connectivity index (χ2n) is 6.97. The molecule has 0 aliphatic rings. The van der Waals surface area contributed by atoms with Crippen LogP contribution in [0.1, 0.15) is 6.92 Å². The van der Waals surface area contributed by atoms with Gasteiger partial charge in [0.2, 0.25) is 0 Å². The van der Waals surface area contributed by atoms with E-state index in [1.54, 1.807) is 18.9 Å². The summed E-state index contributed by atoms with van der Waals surface area (Å²) in [7, 11) is 1.64. The molecule has 0 fully saturated rings. The van der Waals surface area contributed by atoms with Crippen LogP contribution in [0.5, 0.6) is 11.5 Å². The van der Waals surface area contributed by atoms with Crippen LogP contribution in [0.4, 0.5) is 0 Å². The molecule has 2 N–H and O–H groups in total. The zero-order chi connectivity index (χ0) is 22.3. The van der Waals surface area contributed by atoms with Crippen molar-refractivity contribution in [1.82, 2.24) is 5.32 Å². The van der Waals surface area contributed by atoms with Crippen molar-refractivity contribution >= 4 is 29.2 Å². The largest absolute Gasteiger partial charge is 0.491 e. The topological polar surface area (TPSA) is 69.2 Å². The summed E-state index contributed by atoms with van der Waals surface area (Å²) in [6, 6.07) is 19.1. The van der Waals surface area contributed by atoms with Crippen molar-refractivity contribution in [2.75, 3.05) is 38.4 Å². The van der Waals surface area contributed by atoms with Crippen LogP contribution in [0.25, 0.3) is 0 Å². The second-order valence-corrected chi connectivity index (χ2v) is 8.41. The third-order valence-electron chi connectivity index (χ3n) is 4.03. The minimum absolute atomic E-state index is 0.0396. The maximum atomic E-state index is 10.2. The molecule has 0 spiro atoms. The second kappa shape index (κ2) is 14.9. The van der Waals surface area contributed by atoms with E-state index in [0.29, 0.717) is 29.9 Å². The van der Waals surface area contributed by atoms with Gasteiger partial charge in [0.1, 0.15) is 30.8 Å². The maximum absolute atomic E-state index is 10.2. The van der Waals surface area contributed by atoms with E-state index in [0.717, 1.165) is 11.5 Å². The monoisotopic (exact) mass is 465 g/mol.